The highest BCUT2D eigenvalue weighted by atomic mass is 79.9. The van der Waals surface area contributed by atoms with Crippen molar-refractivity contribution in [2.45, 2.75) is 9.10 Å². The number of aromatic nitrogens is 1. The summed E-state index contributed by atoms with van der Waals surface area (Å²) in [6.45, 7) is 0. The van der Waals surface area contributed by atoms with Crippen LogP contribution in [0.5, 0.6) is 0 Å². The fourth-order valence-electron chi connectivity index (χ4n) is 1.97. The summed E-state index contributed by atoms with van der Waals surface area (Å²) < 4.78 is 54.8. The number of hydrogen-bond donors (Lipinski definition) is 2. The van der Waals surface area contributed by atoms with E-state index in [-0.39, 0.29) is 20.6 Å². The number of rotatable bonds is 6. The van der Waals surface area contributed by atoms with E-state index in [0.29, 0.717) is 3.79 Å². The van der Waals surface area contributed by atoms with Crippen LogP contribution in [0, 0.1) is 0 Å². The van der Waals surface area contributed by atoms with Gasteiger partial charge in [0.1, 0.15) is 10.0 Å². The Morgan fingerprint density at radius 2 is 1.58 bits per heavy atom. The number of nitrogens with one attached hydrogen (secondary N) is 2. The van der Waals surface area contributed by atoms with E-state index in [9.17, 15) is 16.8 Å². The van der Waals surface area contributed by atoms with Crippen LogP contribution in [-0.2, 0) is 20.0 Å². The van der Waals surface area contributed by atoms with Crippen LogP contribution in [0.4, 0.5) is 11.5 Å². The summed E-state index contributed by atoms with van der Waals surface area (Å²) in [4.78, 5) is 3.90. The van der Waals surface area contributed by atoms with E-state index < -0.39 is 20.0 Å². The topological polar surface area (TPSA) is 105 Å². The van der Waals surface area contributed by atoms with Gasteiger partial charge < -0.3 is 0 Å². The normalized spacial score (nSPS) is 11.9. The molecule has 0 unspecified atom stereocenters. The molecule has 26 heavy (non-hydrogen) atoms. The Hall–Kier alpha value is -1.95. The van der Waals surface area contributed by atoms with Gasteiger partial charge in [0, 0.05) is 11.9 Å². The van der Waals surface area contributed by atoms with Crippen molar-refractivity contribution in [3.8, 4) is 0 Å². The minimum Gasteiger partial charge on any atom is -0.279 e. The van der Waals surface area contributed by atoms with Gasteiger partial charge in [0.25, 0.3) is 20.0 Å². The largest absolute Gasteiger partial charge is 0.279 e. The summed E-state index contributed by atoms with van der Waals surface area (Å²) >= 11 is 4.29. The summed E-state index contributed by atoms with van der Waals surface area (Å²) in [5.74, 6) is 0.195. The number of hydrogen-bond acceptors (Lipinski definition) is 6. The van der Waals surface area contributed by atoms with Gasteiger partial charge in [0.15, 0.2) is 0 Å². The van der Waals surface area contributed by atoms with Gasteiger partial charge in [0.2, 0.25) is 0 Å². The highest BCUT2D eigenvalue weighted by Gasteiger charge is 2.18. The van der Waals surface area contributed by atoms with Crippen LogP contribution in [0.3, 0.4) is 0 Å². The summed E-state index contributed by atoms with van der Waals surface area (Å²) in [5, 5.41) is 0. The minimum absolute atomic E-state index is 0.00929. The minimum atomic E-state index is -3.82. The zero-order valence-corrected chi connectivity index (χ0v) is 17.0. The second-order valence-electron chi connectivity index (χ2n) is 5.01. The number of pyridine rings is 1. The lowest BCUT2D eigenvalue weighted by Crippen LogP contribution is -2.14. The van der Waals surface area contributed by atoms with Crippen LogP contribution < -0.4 is 9.44 Å². The average molecular weight is 474 g/mol. The molecule has 0 fully saturated rings. The Morgan fingerprint density at radius 3 is 2.15 bits per heavy atom. The first-order chi connectivity index (χ1) is 12.3. The predicted molar refractivity (Wildman–Crippen MR) is 104 cm³/mol. The smallest absolute Gasteiger partial charge is 0.271 e. The van der Waals surface area contributed by atoms with E-state index in [4.69, 9.17) is 0 Å². The third kappa shape index (κ3) is 4.41. The standard InChI is InChI=1S/C15H12BrN3O4S3/c16-13-8-9-15(24-13)26(22,23)18-11-4-6-12(7-5-11)25(20,21)19-14-3-1-2-10-17-14/h1-10,18H,(H,17,19). The van der Waals surface area contributed by atoms with Crippen LogP contribution in [0.15, 0.2) is 73.7 Å². The molecule has 1 aromatic carbocycles. The molecule has 0 aliphatic rings. The summed E-state index contributed by atoms with van der Waals surface area (Å²) in [7, 11) is -7.54. The Balaban J connectivity index is 1.78. The van der Waals surface area contributed by atoms with E-state index in [1.807, 2.05) is 0 Å². The first kappa shape index (κ1) is 18.8. The third-order valence-corrected chi connectivity index (χ3v) is 8.00. The number of halogens is 1. The van der Waals surface area contributed by atoms with Crippen molar-refractivity contribution >= 4 is 58.8 Å². The molecule has 0 atom stereocenters. The van der Waals surface area contributed by atoms with Gasteiger partial charge in [-0.15, -0.1) is 11.3 Å². The molecule has 2 heterocycles. The molecule has 3 aromatic rings. The number of anilines is 2. The SMILES string of the molecule is O=S(=O)(Nc1ccccn1)c1ccc(NS(=O)(=O)c2ccc(Br)s2)cc1. The summed E-state index contributed by atoms with van der Waals surface area (Å²) in [5.41, 5.74) is 0.256. The highest BCUT2D eigenvalue weighted by molar-refractivity contribution is 9.11. The molecule has 0 saturated heterocycles. The number of nitrogens with zero attached hydrogens (tertiary/aromatic N) is 1. The second-order valence-corrected chi connectivity index (χ2v) is 11.1. The third-order valence-electron chi connectivity index (χ3n) is 3.13. The summed E-state index contributed by atoms with van der Waals surface area (Å²) in [6, 6.07) is 13.4. The maximum absolute atomic E-state index is 12.3. The molecule has 0 aliphatic heterocycles. The zero-order valence-electron chi connectivity index (χ0n) is 13.0. The van der Waals surface area contributed by atoms with Crippen molar-refractivity contribution in [1.82, 2.24) is 4.98 Å². The second kappa shape index (κ2) is 7.35. The van der Waals surface area contributed by atoms with E-state index in [2.05, 4.69) is 30.4 Å². The Bertz CT molecular complexity index is 1110. The lowest BCUT2D eigenvalue weighted by atomic mass is 10.3. The van der Waals surface area contributed by atoms with Crippen molar-refractivity contribution < 1.29 is 16.8 Å². The molecule has 0 spiro atoms. The molecule has 11 heteroatoms. The molecule has 2 N–H and O–H groups in total. The predicted octanol–water partition coefficient (Wildman–Crippen LogP) is 3.51. The first-order valence-corrected chi connectivity index (χ1v) is 11.7. The molecule has 3 rings (SSSR count). The van der Waals surface area contributed by atoms with Gasteiger partial charge >= 0.3 is 0 Å². The van der Waals surface area contributed by atoms with Crippen LogP contribution in [0.1, 0.15) is 0 Å². The molecule has 0 amide bonds. The fourth-order valence-corrected chi connectivity index (χ4v) is 6.05. The van der Waals surface area contributed by atoms with Crippen molar-refractivity contribution in [2.75, 3.05) is 9.44 Å². The summed E-state index contributed by atoms with van der Waals surface area (Å²) in [6.07, 6.45) is 1.47. The van der Waals surface area contributed by atoms with E-state index in [1.165, 1.54) is 42.6 Å². The molecule has 2 aromatic heterocycles. The number of benzene rings is 1. The van der Waals surface area contributed by atoms with Gasteiger partial charge in [0.05, 0.1) is 8.68 Å². The quantitative estimate of drug-likeness (QED) is 0.569. The van der Waals surface area contributed by atoms with E-state index >= 15 is 0 Å². The molecule has 136 valence electrons. The molecule has 0 saturated carbocycles. The van der Waals surface area contributed by atoms with E-state index in [1.54, 1.807) is 18.2 Å². The van der Waals surface area contributed by atoms with Crippen molar-refractivity contribution in [1.29, 1.82) is 0 Å². The average Bonchev–Trinajstić information content (AvgIpc) is 3.03. The van der Waals surface area contributed by atoms with Crippen molar-refractivity contribution in [2.24, 2.45) is 0 Å². The lowest BCUT2D eigenvalue weighted by Gasteiger charge is -2.09. The monoisotopic (exact) mass is 473 g/mol. The maximum atomic E-state index is 12.3. The molecular weight excluding hydrogens is 462 g/mol. The van der Waals surface area contributed by atoms with Crippen molar-refractivity contribution in [3.05, 3.63) is 64.6 Å². The first-order valence-electron chi connectivity index (χ1n) is 7.08. The molecule has 0 aliphatic carbocycles. The molecule has 7 nitrogen and oxygen atoms in total. The zero-order chi connectivity index (χ0) is 18.8. The Morgan fingerprint density at radius 1 is 0.846 bits per heavy atom. The van der Waals surface area contributed by atoms with Gasteiger partial charge in [-0.2, -0.15) is 0 Å². The number of sulfonamides is 2. The van der Waals surface area contributed by atoms with Crippen LogP contribution >= 0.6 is 27.3 Å². The maximum Gasteiger partial charge on any atom is 0.271 e. The van der Waals surface area contributed by atoms with Gasteiger partial charge in [-0.3, -0.25) is 9.44 Å². The Labute approximate surface area is 163 Å². The fraction of sp³-hybridized carbons (Fsp3) is 0. The van der Waals surface area contributed by atoms with Crippen LogP contribution in [0.25, 0.3) is 0 Å². The van der Waals surface area contributed by atoms with Crippen LogP contribution in [0.2, 0.25) is 0 Å². The van der Waals surface area contributed by atoms with Gasteiger partial charge in [-0.25, -0.2) is 21.8 Å². The van der Waals surface area contributed by atoms with Crippen molar-refractivity contribution in [3.63, 3.8) is 0 Å². The number of thiophene rings is 1. The molecule has 0 radical (unpaired) electrons. The van der Waals surface area contributed by atoms with Crippen LogP contribution in [-0.4, -0.2) is 21.8 Å². The van der Waals surface area contributed by atoms with Gasteiger partial charge in [-0.1, -0.05) is 6.07 Å². The molecular formula is C15H12BrN3O4S3. The Kier molecular flexibility index (Phi) is 5.32. The van der Waals surface area contributed by atoms with E-state index in [0.717, 1.165) is 11.3 Å². The lowest BCUT2D eigenvalue weighted by molar-refractivity contribution is 0.600. The van der Waals surface area contributed by atoms with Gasteiger partial charge in [-0.05, 0) is 64.5 Å². The highest BCUT2D eigenvalue weighted by Crippen LogP contribution is 2.28. The molecule has 0 bridgehead atoms.